The lowest BCUT2D eigenvalue weighted by Gasteiger charge is -2.09. The van der Waals surface area contributed by atoms with Crippen molar-refractivity contribution in [3.05, 3.63) is 65.7 Å². The van der Waals surface area contributed by atoms with Crippen molar-refractivity contribution < 1.29 is 0 Å². The summed E-state index contributed by atoms with van der Waals surface area (Å²) < 4.78 is 0. The lowest BCUT2D eigenvalue weighted by molar-refractivity contribution is 1.04. The summed E-state index contributed by atoms with van der Waals surface area (Å²) >= 11 is 0. The maximum absolute atomic E-state index is 9.22. The van der Waals surface area contributed by atoms with E-state index in [0.29, 0.717) is 5.69 Å². The number of nitrogens with zero attached hydrogens (tertiary/aromatic N) is 1. The summed E-state index contributed by atoms with van der Waals surface area (Å²) in [7, 11) is 0. The van der Waals surface area contributed by atoms with Crippen molar-refractivity contribution in [1.29, 1.82) is 5.26 Å². The molecule has 0 radical (unpaired) electrons. The Labute approximate surface area is 95.0 Å². The van der Waals surface area contributed by atoms with Crippen LogP contribution in [0.15, 0.2) is 54.6 Å². The van der Waals surface area contributed by atoms with Gasteiger partial charge in [0.1, 0.15) is 0 Å². The standard InChI is InChI=1S/C14H12N2/c15-10-14(11-4-2-1-3-5-11)12-6-8-13(16)9-7-12/h1-9,14H,16H2/t14-/m0/s1. The fourth-order valence-electron chi connectivity index (χ4n) is 1.68. The highest BCUT2D eigenvalue weighted by Gasteiger charge is 2.11. The average Bonchev–Trinajstić information content (AvgIpc) is 2.34. The summed E-state index contributed by atoms with van der Waals surface area (Å²) in [5.74, 6) is -0.221. The molecule has 2 aromatic carbocycles. The zero-order valence-electron chi connectivity index (χ0n) is 8.80. The molecular formula is C14H12N2. The first-order valence-electron chi connectivity index (χ1n) is 5.11. The minimum Gasteiger partial charge on any atom is -0.399 e. The van der Waals surface area contributed by atoms with E-state index in [1.165, 1.54) is 0 Å². The normalized spacial score (nSPS) is 11.7. The number of nitriles is 1. The highest BCUT2D eigenvalue weighted by molar-refractivity contribution is 5.44. The fraction of sp³-hybridized carbons (Fsp3) is 0.0714. The topological polar surface area (TPSA) is 49.8 Å². The highest BCUT2D eigenvalue weighted by Crippen LogP contribution is 2.24. The van der Waals surface area contributed by atoms with Gasteiger partial charge >= 0.3 is 0 Å². The van der Waals surface area contributed by atoms with Crippen molar-refractivity contribution in [3.8, 4) is 6.07 Å². The van der Waals surface area contributed by atoms with Crippen LogP contribution in [-0.4, -0.2) is 0 Å². The summed E-state index contributed by atoms with van der Waals surface area (Å²) in [6, 6.07) is 19.5. The Hall–Kier alpha value is -2.27. The van der Waals surface area contributed by atoms with E-state index in [1.54, 1.807) is 0 Å². The molecule has 2 N–H and O–H groups in total. The Bertz CT molecular complexity index is 495. The average molecular weight is 208 g/mol. The molecule has 0 saturated heterocycles. The van der Waals surface area contributed by atoms with E-state index >= 15 is 0 Å². The molecule has 0 spiro atoms. The van der Waals surface area contributed by atoms with Crippen LogP contribution >= 0.6 is 0 Å². The van der Waals surface area contributed by atoms with Gasteiger partial charge in [0.15, 0.2) is 0 Å². The quantitative estimate of drug-likeness (QED) is 0.771. The molecule has 0 aliphatic carbocycles. The van der Waals surface area contributed by atoms with Gasteiger partial charge in [-0.15, -0.1) is 0 Å². The summed E-state index contributed by atoms with van der Waals surface area (Å²) in [6.45, 7) is 0. The van der Waals surface area contributed by atoms with E-state index in [1.807, 2.05) is 54.6 Å². The Morgan fingerprint density at radius 2 is 1.44 bits per heavy atom. The summed E-state index contributed by atoms with van der Waals surface area (Å²) in [5, 5.41) is 9.22. The van der Waals surface area contributed by atoms with Gasteiger partial charge < -0.3 is 5.73 Å². The van der Waals surface area contributed by atoms with Gasteiger partial charge in [0.25, 0.3) is 0 Å². The van der Waals surface area contributed by atoms with Crippen molar-refractivity contribution in [2.45, 2.75) is 5.92 Å². The molecule has 16 heavy (non-hydrogen) atoms. The van der Waals surface area contributed by atoms with Crippen LogP contribution in [-0.2, 0) is 0 Å². The molecule has 0 bridgehead atoms. The van der Waals surface area contributed by atoms with Crippen LogP contribution < -0.4 is 5.73 Å². The van der Waals surface area contributed by atoms with Crippen LogP contribution in [0, 0.1) is 11.3 Å². The summed E-state index contributed by atoms with van der Waals surface area (Å²) in [4.78, 5) is 0. The number of benzene rings is 2. The third-order valence-corrected chi connectivity index (χ3v) is 2.53. The number of nitrogens with two attached hydrogens (primary N) is 1. The Morgan fingerprint density at radius 1 is 0.875 bits per heavy atom. The first-order valence-corrected chi connectivity index (χ1v) is 5.11. The first-order chi connectivity index (χ1) is 7.81. The molecule has 2 heteroatoms. The van der Waals surface area contributed by atoms with E-state index in [2.05, 4.69) is 6.07 Å². The molecule has 0 aliphatic heterocycles. The maximum atomic E-state index is 9.22. The van der Waals surface area contributed by atoms with Gasteiger partial charge in [-0.1, -0.05) is 42.5 Å². The molecule has 2 nitrogen and oxygen atoms in total. The second-order valence-corrected chi connectivity index (χ2v) is 3.64. The number of hydrogen-bond acceptors (Lipinski definition) is 2. The van der Waals surface area contributed by atoms with Crippen LogP contribution in [0.5, 0.6) is 0 Å². The van der Waals surface area contributed by atoms with Crippen molar-refractivity contribution >= 4 is 5.69 Å². The molecule has 2 rings (SSSR count). The minimum atomic E-state index is -0.221. The Morgan fingerprint density at radius 3 is 2.00 bits per heavy atom. The zero-order chi connectivity index (χ0) is 11.4. The summed E-state index contributed by atoms with van der Waals surface area (Å²) in [5.41, 5.74) is 8.32. The van der Waals surface area contributed by atoms with E-state index in [0.717, 1.165) is 11.1 Å². The molecular weight excluding hydrogens is 196 g/mol. The van der Waals surface area contributed by atoms with Crippen LogP contribution in [0.25, 0.3) is 0 Å². The smallest absolute Gasteiger partial charge is 0.0962 e. The van der Waals surface area contributed by atoms with Gasteiger partial charge in [-0.2, -0.15) is 5.26 Å². The van der Waals surface area contributed by atoms with Crippen LogP contribution in [0.1, 0.15) is 17.0 Å². The predicted octanol–water partition coefficient (Wildman–Crippen LogP) is 2.92. The highest BCUT2D eigenvalue weighted by atomic mass is 14.5. The number of anilines is 1. The molecule has 2 aromatic rings. The molecule has 0 fully saturated rings. The molecule has 78 valence electrons. The van der Waals surface area contributed by atoms with Crippen LogP contribution in [0.4, 0.5) is 5.69 Å². The number of nitrogen functional groups attached to an aromatic ring is 1. The fourth-order valence-corrected chi connectivity index (χ4v) is 1.68. The summed E-state index contributed by atoms with van der Waals surface area (Å²) in [6.07, 6.45) is 0. The predicted molar refractivity (Wildman–Crippen MR) is 64.8 cm³/mol. The van der Waals surface area contributed by atoms with Gasteiger partial charge in [0, 0.05) is 5.69 Å². The van der Waals surface area contributed by atoms with Gasteiger partial charge in [-0.05, 0) is 23.3 Å². The number of rotatable bonds is 2. The van der Waals surface area contributed by atoms with Gasteiger partial charge in [0.2, 0.25) is 0 Å². The Kier molecular flexibility index (Phi) is 2.88. The van der Waals surface area contributed by atoms with Crippen molar-refractivity contribution in [3.63, 3.8) is 0 Å². The monoisotopic (exact) mass is 208 g/mol. The lowest BCUT2D eigenvalue weighted by atomic mass is 9.93. The molecule has 0 amide bonds. The molecule has 0 saturated carbocycles. The number of hydrogen-bond donors (Lipinski definition) is 1. The first kappa shape index (κ1) is 10.3. The lowest BCUT2D eigenvalue weighted by Crippen LogP contribution is -1.98. The van der Waals surface area contributed by atoms with Gasteiger partial charge in [0.05, 0.1) is 12.0 Å². The van der Waals surface area contributed by atoms with Crippen LogP contribution in [0.2, 0.25) is 0 Å². The molecule has 0 aliphatic rings. The van der Waals surface area contributed by atoms with Gasteiger partial charge in [-0.3, -0.25) is 0 Å². The molecule has 1 atom stereocenters. The maximum Gasteiger partial charge on any atom is 0.0962 e. The largest absolute Gasteiger partial charge is 0.399 e. The minimum absolute atomic E-state index is 0.221. The van der Waals surface area contributed by atoms with Crippen LogP contribution in [0.3, 0.4) is 0 Å². The van der Waals surface area contributed by atoms with E-state index in [-0.39, 0.29) is 5.92 Å². The Balaban J connectivity index is 2.38. The van der Waals surface area contributed by atoms with E-state index < -0.39 is 0 Å². The third kappa shape index (κ3) is 2.04. The van der Waals surface area contributed by atoms with Crippen molar-refractivity contribution in [1.82, 2.24) is 0 Å². The molecule has 0 aromatic heterocycles. The zero-order valence-corrected chi connectivity index (χ0v) is 8.80. The van der Waals surface area contributed by atoms with Gasteiger partial charge in [-0.25, -0.2) is 0 Å². The molecule has 0 unspecified atom stereocenters. The SMILES string of the molecule is N#C[C@@H](c1ccccc1)c1ccc(N)cc1. The van der Waals surface area contributed by atoms with E-state index in [9.17, 15) is 5.26 Å². The van der Waals surface area contributed by atoms with Crippen molar-refractivity contribution in [2.75, 3.05) is 5.73 Å². The third-order valence-electron chi connectivity index (χ3n) is 2.53. The van der Waals surface area contributed by atoms with E-state index in [4.69, 9.17) is 5.73 Å². The molecule has 0 heterocycles. The second-order valence-electron chi connectivity index (χ2n) is 3.64. The van der Waals surface area contributed by atoms with Crippen molar-refractivity contribution in [2.24, 2.45) is 0 Å². The second kappa shape index (κ2) is 4.50.